The Balaban J connectivity index is 1.75. The highest BCUT2D eigenvalue weighted by Crippen LogP contribution is 2.29. The van der Waals surface area contributed by atoms with Crippen LogP contribution in [-0.4, -0.2) is 9.97 Å². The van der Waals surface area contributed by atoms with E-state index in [1.54, 1.807) is 0 Å². The number of rotatable bonds is 5. The molecule has 1 aliphatic rings. The normalized spacial score (nSPS) is 13.4. The summed E-state index contributed by atoms with van der Waals surface area (Å²) >= 11 is 0. The van der Waals surface area contributed by atoms with Gasteiger partial charge >= 0.3 is 0 Å². The van der Waals surface area contributed by atoms with E-state index in [2.05, 4.69) is 59.6 Å². The molecule has 0 amide bonds. The standard InChI is InChI=1S/C24H23N3/c25-24-23(20-14-8-3-9-15-20)21(16-18-10-4-1-5-11-18)26-22(27-24)17-19-12-6-2-7-13-19/h1-2,4-8,10-15H,3,9,16-17H2,(H2,25,26,27). The molecule has 1 heterocycles. The van der Waals surface area contributed by atoms with Crippen LogP contribution in [0.3, 0.4) is 0 Å². The molecule has 134 valence electrons. The van der Waals surface area contributed by atoms with Crippen molar-refractivity contribution < 1.29 is 0 Å². The number of nitrogens with two attached hydrogens (primary N) is 1. The molecule has 0 spiro atoms. The van der Waals surface area contributed by atoms with E-state index in [9.17, 15) is 0 Å². The fraction of sp³-hybridized carbons (Fsp3) is 0.167. The molecule has 0 unspecified atom stereocenters. The molecule has 2 N–H and O–H groups in total. The number of nitrogens with zero attached hydrogens (tertiary/aromatic N) is 2. The second-order valence-corrected chi connectivity index (χ2v) is 6.81. The maximum absolute atomic E-state index is 6.43. The smallest absolute Gasteiger partial charge is 0.135 e. The highest BCUT2D eigenvalue weighted by atomic mass is 15.0. The van der Waals surface area contributed by atoms with E-state index in [1.165, 1.54) is 11.1 Å². The topological polar surface area (TPSA) is 51.8 Å². The molecule has 3 nitrogen and oxygen atoms in total. The summed E-state index contributed by atoms with van der Waals surface area (Å²) in [5.74, 6) is 1.34. The van der Waals surface area contributed by atoms with Crippen LogP contribution < -0.4 is 5.73 Å². The molecular formula is C24H23N3. The molecule has 2 aromatic carbocycles. The number of allylic oxidation sites excluding steroid dienone is 4. The number of hydrogen-bond donors (Lipinski definition) is 1. The van der Waals surface area contributed by atoms with Gasteiger partial charge in [-0.3, -0.25) is 0 Å². The Kier molecular flexibility index (Phi) is 5.10. The van der Waals surface area contributed by atoms with Crippen molar-refractivity contribution in [3.63, 3.8) is 0 Å². The summed E-state index contributed by atoms with van der Waals surface area (Å²) in [6.07, 6.45) is 10.1. The lowest BCUT2D eigenvalue weighted by Gasteiger charge is -2.16. The van der Waals surface area contributed by atoms with Gasteiger partial charge in [-0.25, -0.2) is 9.97 Å². The lowest BCUT2D eigenvalue weighted by atomic mass is 9.95. The molecule has 27 heavy (non-hydrogen) atoms. The predicted octanol–water partition coefficient (Wildman–Crippen LogP) is 4.97. The molecule has 0 atom stereocenters. The van der Waals surface area contributed by atoms with Crippen LogP contribution in [0.2, 0.25) is 0 Å². The van der Waals surface area contributed by atoms with Crippen molar-refractivity contribution in [2.45, 2.75) is 25.7 Å². The van der Waals surface area contributed by atoms with Gasteiger partial charge in [0.1, 0.15) is 11.6 Å². The van der Waals surface area contributed by atoms with E-state index in [0.29, 0.717) is 12.2 Å². The summed E-state index contributed by atoms with van der Waals surface area (Å²) in [5, 5.41) is 0. The number of benzene rings is 2. The largest absolute Gasteiger partial charge is 0.383 e. The minimum Gasteiger partial charge on any atom is -0.383 e. The third-order valence-corrected chi connectivity index (χ3v) is 4.76. The van der Waals surface area contributed by atoms with Gasteiger partial charge in [0.15, 0.2) is 0 Å². The Labute approximate surface area is 160 Å². The molecule has 0 fully saturated rings. The molecule has 3 aromatic rings. The summed E-state index contributed by atoms with van der Waals surface area (Å²) in [6.45, 7) is 0. The molecule has 0 bridgehead atoms. The van der Waals surface area contributed by atoms with Crippen molar-refractivity contribution in [3.8, 4) is 0 Å². The molecule has 0 saturated carbocycles. The quantitative estimate of drug-likeness (QED) is 0.704. The fourth-order valence-corrected chi connectivity index (χ4v) is 3.47. The van der Waals surface area contributed by atoms with Crippen molar-refractivity contribution in [1.82, 2.24) is 9.97 Å². The molecule has 4 rings (SSSR count). The molecule has 3 heteroatoms. The summed E-state index contributed by atoms with van der Waals surface area (Å²) < 4.78 is 0. The number of hydrogen-bond acceptors (Lipinski definition) is 3. The second kappa shape index (κ2) is 8.00. The minimum atomic E-state index is 0.569. The first-order valence-corrected chi connectivity index (χ1v) is 9.40. The van der Waals surface area contributed by atoms with E-state index >= 15 is 0 Å². The van der Waals surface area contributed by atoms with Gasteiger partial charge in [-0.05, 0) is 29.5 Å². The first-order valence-electron chi connectivity index (χ1n) is 9.40. The van der Waals surface area contributed by atoms with Crippen molar-refractivity contribution >= 4 is 11.4 Å². The van der Waals surface area contributed by atoms with E-state index in [-0.39, 0.29) is 0 Å². The second-order valence-electron chi connectivity index (χ2n) is 6.81. The van der Waals surface area contributed by atoms with Crippen molar-refractivity contribution in [2.75, 3.05) is 5.73 Å². The van der Waals surface area contributed by atoms with E-state index < -0.39 is 0 Å². The van der Waals surface area contributed by atoms with Gasteiger partial charge in [-0.2, -0.15) is 0 Å². The Bertz CT molecular complexity index is 973. The van der Waals surface area contributed by atoms with Crippen LogP contribution in [0.1, 0.15) is 41.1 Å². The first-order chi connectivity index (χ1) is 13.3. The number of aromatic nitrogens is 2. The van der Waals surface area contributed by atoms with Gasteiger partial charge < -0.3 is 5.73 Å². The zero-order valence-electron chi connectivity index (χ0n) is 15.3. The molecule has 1 aromatic heterocycles. The number of nitrogen functional groups attached to an aromatic ring is 1. The van der Waals surface area contributed by atoms with Gasteiger partial charge in [0.05, 0.1) is 5.69 Å². The maximum atomic E-state index is 6.43. The van der Waals surface area contributed by atoms with Gasteiger partial charge in [-0.1, -0.05) is 78.9 Å². The van der Waals surface area contributed by atoms with Gasteiger partial charge in [-0.15, -0.1) is 0 Å². The molecular weight excluding hydrogens is 330 g/mol. The van der Waals surface area contributed by atoms with E-state index in [1.807, 2.05) is 24.3 Å². The molecule has 0 aliphatic heterocycles. The Morgan fingerprint density at radius 3 is 2.07 bits per heavy atom. The SMILES string of the molecule is Nc1nc(Cc2ccccc2)nc(Cc2ccccc2)c1C1=CCCC=C1. The van der Waals surface area contributed by atoms with Gasteiger partial charge in [0, 0.05) is 18.4 Å². The Morgan fingerprint density at radius 2 is 1.44 bits per heavy atom. The lowest BCUT2D eigenvalue weighted by Crippen LogP contribution is -2.10. The lowest BCUT2D eigenvalue weighted by molar-refractivity contribution is 0.916. The highest BCUT2D eigenvalue weighted by molar-refractivity contribution is 5.81. The molecule has 0 radical (unpaired) electrons. The van der Waals surface area contributed by atoms with Gasteiger partial charge in [0.2, 0.25) is 0 Å². The minimum absolute atomic E-state index is 0.569. The third-order valence-electron chi connectivity index (χ3n) is 4.76. The average Bonchev–Trinajstić information content (AvgIpc) is 2.70. The van der Waals surface area contributed by atoms with Crippen LogP contribution in [0.25, 0.3) is 5.57 Å². The van der Waals surface area contributed by atoms with Gasteiger partial charge in [0.25, 0.3) is 0 Å². The monoisotopic (exact) mass is 353 g/mol. The van der Waals surface area contributed by atoms with Crippen molar-refractivity contribution in [3.05, 3.63) is 107 Å². The van der Waals surface area contributed by atoms with Crippen LogP contribution in [0.5, 0.6) is 0 Å². The summed E-state index contributed by atoms with van der Waals surface area (Å²) in [4.78, 5) is 9.57. The Hall–Kier alpha value is -3.20. The summed E-state index contributed by atoms with van der Waals surface area (Å²) in [6, 6.07) is 20.7. The zero-order chi connectivity index (χ0) is 18.5. The highest BCUT2D eigenvalue weighted by Gasteiger charge is 2.16. The summed E-state index contributed by atoms with van der Waals surface area (Å²) in [5.41, 5.74) is 12.0. The average molecular weight is 353 g/mol. The van der Waals surface area contributed by atoms with Crippen molar-refractivity contribution in [2.24, 2.45) is 0 Å². The van der Waals surface area contributed by atoms with Crippen LogP contribution in [-0.2, 0) is 12.8 Å². The van der Waals surface area contributed by atoms with Crippen LogP contribution >= 0.6 is 0 Å². The third kappa shape index (κ3) is 4.14. The summed E-state index contributed by atoms with van der Waals surface area (Å²) in [7, 11) is 0. The Morgan fingerprint density at radius 1 is 0.778 bits per heavy atom. The molecule has 0 saturated heterocycles. The van der Waals surface area contributed by atoms with E-state index in [4.69, 9.17) is 10.7 Å². The van der Waals surface area contributed by atoms with Crippen LogP contribution in [0.4, 0.5) is 5.82 Å². The van der Waals surface area contributed by atoms with Crippen LogP contribution in [0, 0.1) is 0 Å². The van der Waals surface area contributed by atoms with E-state index in [0.717, 1.165) is 41.9 Å². The number of anilines is 1. The van der Waals surface area contributed by atoms with Crippen molar-refractivity contribution in [1.29, 1.82) is 0 Å². The zero-order valence-corrected chi connectivity index (χ0v) is 15.3. The molecule has 1 aliphatic carbocycles. The predicted molar refractivity (Wildman–Crippen MR) is 111 cm³/mol. The first kappa shape index (κ1) is 17.2. The van der Waals surface area contributed by atoms with Crippen LogP contribution in [0.15, 0.2) is 78.9 Å². The fourth-order valence-electron chi connectivity index (χ4n) is 3.47. The maximum Gasteiger partial charge on any atom is 0.135 e.